The van der Waals surface area contributed by atoms with Crippen LogP contribution in [0.5, 0.6) is 0 Å². The van der Waals surface area contributed by atoms with Gasteiger partial charge in [0, 0.05) is 19.3 Å². The van der Waals surface area contributed by atoms with Crippen molar-refractivity contribution in [3.63, 3.8) is 0 Å². The van der Waals surface area contributed by atoms with Crippen LogP contribution in [-0.4, -0.2) is 34.0 Å². The molecule has 1 aromatic rings. The highest BCUT2D eigenvalue weighted by Crippen LogP contribution is 2.43. The number of fused-ring (bicyclic) bond motifs is 1. The molecule has 0 aliphatic carbocycles. The van der Waals surface area contributed by atoms with E-state index in [1.165, 1.54) is 12.3 Å². The SMILES string of the molecule is CC[C@@]1(C)CN2CC[C@@H](c3cncc(F)c3)N2C1=O. The maximum atomic E-state index is 13.3. The Morgan fingerprint density at radius 1 is 1.53 bits per heavy atom. The number of aromatic nitrogens is 1. The molecule has 19 heavy (non-hydrogen) atoms. The molecule has 1 aromatic heterocycles. The number of hydrogen-bond donors (Lipinski definition) is 0. The lowest BCUT2D eigenvalue weighted by Crippen LogP contribution is -2.36. The number of amides is 1. The van der Waals surface area contributed by atoms with E-state index in [2.05, 4.69) is 9.99 Å². The van der Waals surface area contributed by atoms with Gasteiger partial charge in [-0.3, -0.25) is 14.8 Å². The molecule has 0 unspecified atom stereocenters. The van der Waals surface area contributed by atoms with Gasteiger partial charge in [-0.25, -0.2) is 9.40 Å². The molecule has 5 heteroatoms. The summed E-state index contributed by atoms with van der Waals surface area (Å²) in [7, 11) is 0. The molecule has 0 bridgehead atoms. The molecule has 0 saturated carbocycles. The smallest absolute Gasteiger partial charge is 0.244 e. The summed E-state index contributed by atoms with van der Waals surface area (Å²) in [6, 6.07) is 1.42. The molecule has 2 saturated heterocycles. The van der Waals surface area contributed by atoms with E-state index in [4.69, 9.17) is 0 Å². The molecule has 3 heterocycles. The highest BCUT2D eigenvalue weighted by Gasteiger charge is 2.51. The Labute approximate surface area is 112 Å². The number of pyridine rings is 1. The quantitative estimate of drug-likeness (QED) is 0.820. The maximum Gasteiger partial charge on any atom is 0.244 e. The van der Waals surface area contributed by atoms with Crippen LogP contribution in [0.2, 0.25) is 0 Å². The van der Waals surface area contributed by atoms with Gasteiger partial charge in [0.1, 0.15) is 5.82 Å². The Morgan fingerprint density at radius 3 is 3.00 bits per heavy atom. The summed E-state index contributed by atoms with van der Waals surface area (Å²) in [6.07, 6.45) is 4.52. The minimum atomic E-state index is -0.346. The van der Waals surface area contributed by atoms with Gasteiger partial charge < -0.3 is 0 Å². The third-order valence-electron chi connectivity index (χ3n) is 4.41. The number of carbonyl (C=O) groups is 1. The second-order valence-corrected chi connectivity index (χ2v) is 5.69. The molecule has 0 radical (unpaired) electrons. The fourth-order valence-corrected chi connectivity index (χ4v) is 3.05. The van der Waals surface area contributed by atoms with Crippen molar-refractivity contribution < 1.29 is 9.18 Å². The van der Waals surface area contributed by atoms with E-state index in [1.54, 1.807) is 6.20 Å². The van der Waals surface area contributed by atoms with E-state index < -0.39 is 0 Å². The minimum absolute atomic E-state index is 0.0657. The number of rotatable bonds is 2. The van der Waals surface area contributed by atoms with Crippen molar-refractivity contribution >= 4 is 5.91 Å². The summed E-state index contributed by atoms with van der Waals surface area (Å²) >= 11 is 0. The van der Waals surface area contributed by atoms with E-state index in [-0.39, 0.29) is 23.2 Å². The normalized spacial score (nSPS) is 31.0. The van der Waals surface area contributed by atoms with Crippen LogP contribution >= 0.6 is 0 Å². The fraction of sp³-hybridized carbons (Fsp3) is 0.571. The lowest BCUT2D eigenvalue weighted by Gasteiger charge is -2.26. The molecule has 0 aromatic carbocycles. The van der Waals surface area contributed by atoms with Gasteiger partial charge in [-0.1, -0.05) is 6.92 Å². The van der Waals surface area contributed by atoms with Gasteiger partial charge in [0.25, 0.3) is 0 Å². The van der Waals surface area contributed by atoms with E-state index in [9.17, 15) is 9.18 Å². The number of halogens is 1. The Hall–Kier alpha value is -1.49. The first kappa shape index (κ1) is 12.5. The van der Waals surface area contributed by atoms with Crippen molar-refractivity contribution in [2.75, 3.05) is 13.1 Å². The topological polar surface area (TPSA) is 36.4 Å². The number of hydrazine groups is 1. The van der Waals surface area contributed by atoms with Gasteiger partial charge in [-0.05, 0) is 31.4 Å². The first-order valence-corrected chi connectivity index (χ1v) is 6.74. The molecular formula is C14H18FN3O. The molecule has 2 atom stereocenters. The van der Waals surface area contributed by atoms with Crippen LogP contribution in [0.4, 0.5) is 4.39 Å². The molecule has 2 fully saturated rings. The molecule has 2 aliphatic heterocycles. The summed E-state index contributed by atoms with van der Waals surface area (Å²) in [6.45, 7) is 5.67. The Morgan fingerprint density at radius 2 is 2.32 bits per heavy atom. The van der Waals surface area contributed by atoms with Crippen LogP contribution in [0.25, 0.3) is 0 Å². The maximum absolute atomic E-state index is 13.3. The first-order chi connectivity index (χ1) is 9.05. The predicted molar refractivity (Wildman–Crippen MR) is 68.4 cm³/mol. The Bertz CT molecular complexity index is 521. The second kappa shape index (κ2) is 4.27. The van der Waals surface area contributed by atoms with Crippen molar-refractivity contribution in [1.82, 2.24) is 15.0 Å². The second-order valence-electron chi connectivity index (χ2n) is 5.69. The summed E-state index contributed by atoms with van der Waals surface area (Å²) in [5.74, 6) is -0.192. The van der Waals surface area contributed by atoms with Crippen LogP contribution in [0.3, 0.4) is 0 Å². The van der Waals surface area contributed by atoms with Crippen LogP contribution in [-0.2, 0) is 4.79 Å². The molecule has 2 aliphatic rings. The van der Waals surface area contributed by atoms with Crippen molar-refractivity contribution in [3.05, 3.63) is 29.8 Å². The molecule has 0 N–H and O–H groups in total. The van der Waals surface area contributed by atoms with E-state index in [1.807, 2.05) is 18.9 Å². The Kier molecular flexibility index (Phi) is 2.82. The summed E-state index contributed by atoms with van der Waals surface area (Å²) in [4.78, 5) is 16.5. The third-order valence-corrected chi connectivity index (χ3v) is 4.41. The molecule has 3 rings (SSSR count). The fourth-order valence-electron chi connectivity index (χ4n) is 3.05. The molecule has 0 spiro atoms. The van der Waals surface area contributed by atoms with Crippen molar-refractivity contribution in [1.29, 1.82) is 0 Å². The highest BCUT2D eigenvalue weighted by atomic mass is 19.1. The zero-order valence-electron chi connectivity index (χ0n) is 11.3. The molecule has 102 valence electrons. The van der Waals surface area contributed by atoms with Crippen LogP contribution in [0.1, 0.15) is 38.3 Å². The molecule has 4 nitrogen and oxygen atoms in total. The highest BCUT2D eigenvalue weighted by molar-refractivity contribution is 5.84. The van der Waals surface area contributed by atoms with Gasteiger partial charge in [-0.15, -0.1) is 0 Å². The van der Waals surface area contributed by atoms with Gasteiger partial charge in [-0.2, -0.15) is 0 Å². The van der Waals surface area contributed by atoms with Crippen LogP contribution in [0.15, 0.2) is 18.5 Å². The van der Waals surface area contributed by atoms with Gasteiger partial charge in [0.2, 0.25) is 5.91 Å². The average molecular weight is 263 g/mol. The van der Waals surface area contributed by atoms with Crippen molar-refractivity contribution in [2.45, 2.75) is 32.7 Å². The van der Waals surface area contributed by atoms with E-state index >= 15 is 0 Å². The first-order valence-electron chi connectivity index (χ1n) is 6.74. The van der Waals surface area contributed by atoms with E-state index in [0.717, 1.165) is 31.5 Å². The van der Waals surface area contributed by atoms with Gasteiger partial charge in [0.05, 0.1) is 17.7 Å². The largest absolute Gasteiger partial charge is 0.273 e. The minimum Gasteiger partial charge on any atom is -0.273 e. The molecular weight excluding hydrogens is 245 g/mol. The predicted octanol–water partition coefficient (Wildman–Crippen LogP) is 2.14. The zero-order valence-corrected chi connectivity index (χ0v) is 11.3. The van der Waals surface area contributed by atoms with E-state index in [0.29, 0.717) is 0 Å². The van der Waals surface area contributed by atoms with Crippen LogP contribution in [0, 0.1) is 11.2 Å². The standard InChI is InChI=1S/C14H18FN3O/c1-3-14(2)9-17-5-4-12(18(17)13(14)19)10-6-11(15)8-16-7-10/h6-8,12H,3-5,9H2,1-2H3/t12-,14-/m0/s1. The van der Waals surface area contributed by atoms with Crippen molar-refractivity contribution in [3.8, 4) is 0 Å². The van der Waals surface area contributed by atoms with Gasteiger partial charge >= 0.3 is 0 Å². The number of hydrogen-bond acceptors (Lipinski definition) is 3. The number of carbonyl (C=O) groups excluding carboxylic acids is 1. The lowest BCUT2D eigenvalue weighted by molar-refractivity contribution is -0.142. The summed E-state index contributed by atoms with van der Waals surface area (Å²) < 4.78 is 13.3. The summed E-state index contributed by atoms with van der Waals surface area (Å²) in [5.41, 5.74) is 0.482. The average Bonchev–Trinajstić information content (AvgIpc) is 2.90. The van der Waals surface area contributed by atoms with Crippen LogP contribution < -0.4 is 0 Å². The number of nitrogens with zero attached hydrogens (tertiary/aromatic N) is 3. The lowest BCUT2D eigenvalue weighted by atomic mass is 9.87. The van der Waals surface area contributed by atoms with Crippen molar-refractivity contribution in [2.24, 2.45) is 5.41 Å². The Balaban J connectivity index is 1.92. The van der Waals surface area contributed by atoms with Gasteiger partial charge in [0.15, 0.2) is 0 Å². The zero-order chi connectivity index (χ0) is 13.6. The monoisotopic (exact) mass is 263 g/mol. The third kappa shape index (κ3) is 1.84. The summed E-state index contributed by atoms with van der Waals surface area (Å²) in [5, 5.41) is 3.92. The molecule has 1 amide bonds.